The van der Waals surface area contributed by atoms with Crippen molar-refractivity contribution in [3.8, 4) is 5.75 Å². The van der Waals surface area contributed by atoms with Crippen LogP contribution in [0.2, 0.25) is 0 Å². The first-order valence-corrected chi connectivity index (χ1v) is 8.57. The number of aromatic nitrogens is 1. The van der Waals surface area contributed by atoms with Gasteiger partial charge in [0.25, 0.3) is 0 Å². The summed E-state index contributed by atoms with van der Waals surface area (Å²) in [5, 5.41) is 0. The minimum absolute atomic E-state index is 0.0337. The first-order valence-electron chi connectivity index (χ1n) is 8.57. The van der Waals surface area contributed by atoms with E-state index in [0.717, 1.165) is 36.3 Å². The molecule has 0 radical (unpaired) electrons. The quantitative estimate of drug-likeness (QED) is 0.867. The van der Waals surface area contributed by atoms with Crippen LogP contribution in [0, 0.1) is 5.92 Å². The van der Waals surface area contributed by atoms with Gasteiger partial charge < -0.3 is 9.64 Å². The van der Waals surface area contributed by atoms with Crippen LogP contribution in [-0.4, -0.2) is 29.4 Å². The maximum atomic E-state index is 12.8. The summed E-state index contributed by atoms with van der Waals surface area (Å²) in [6.07, 6.45) is 4.36. The van der Waals surface area contributed by atoms with E-state index in [1.54, 1.807) is 4.90 Å². The molecule has 4 heteroatoms. The Morgan fingerprint density at radius 3 is 2.88 bits per heavy atom. The van der Waals surface area contributed by atoms with E-state index in [1.165, 1.54) is 5.56 Å². The average Bonchev–Trinajstić information content (AvgIpc) is 2.84. The number of carbonyl (C=O) groups is 1. The van der Waals surface area contributed by atoms with Gasteiger partial charge in [-0.2, -0.15) is 0 Å². The molecule has 0 aliphatic carbocycles. The molecule has 1 aromatic heterocycles. The second kappa shape index (κ2) is 7.47. The van der Waals surface area contributed by atoms with E-state index in [2.05, 4.69) is 18.0 Å². The van der Waals surface area contributed by atoms with Crippen LogP contribution in [0.25, 0.3) is 0 Å². The van der Waals surface area contributed by atoms with Gasteiger partial charge in [0.05, 0.1) is 18.8 Å². The molecule has 2 heterocycles. The molecule has 0 unspecified atom stereocenters. The minimum Gasteiger partial charge on any atom is -0.493 e. The van der Waals surface area contributed by atoms with Crippen LogP contribution >= 0.6 is 0 Å². The molecule has 1 aliphatic heterocycles. The van der Waals surface area contributed by atoms with Gasteiger partial charge in [0.15, 0.2) is 0 Å². The predicted molar refractivity (Wildman–Crippen MR) is 93.8 cm³/mol. The zero-order chi connectivity index (χ0) is 16.9. The molecular formula is C20H24N2O2. The summed E-state index contributed by atoms with van der Waals surface area (Å²) in [5.74, 6) is 1.04. The summed E-state index contributed by atoms with van der Waals surface area (Å²) < 4.78 is 5.77. The number of hydrogen-bond donors (Lipinski definition) is 0. The molecule has 3 rings (SSSR count). The number of ether oxygens (including phenoxy) is 1. The third-order valence-electron chi connectivity index (χ3n) is 4.58. The van der Waals surface area contributed by atoms with Crippen molar-refractivity contribution in [3.05, 3.63) is 59.4 Å². The molecule has 1 aromatic carbocycles. The van der Waals surface area contributed by atoms with Crippen LogP contribution in [0.3, 0.4) is 0 Å². The first kappa shape index (κ1) is 16.5. The zero-order valence-corrected chi connectivity index (χ0v) is 14.4. The summed E-state index contributed by atoms with van der Waals surface area (Å²) in [6, 6.07) is 12.1. The molecule has 4 nitrogen and oxygen atoms in total. The van der Waals surface area contributed by atoms with Gasteiger partial charge in [-0.1, -0.05) is 31.2 Å². The Bertz CT molecular complexity index is 697. The van der Waals surface area contributed by atoms with E-state index >= 15 is 0 Å². The van der Waals surface area contributed by atoms with Gasteiger partial charge in [0.2, 0.25) is 5.91 Å². The Labute approximate surface area is 143 Å². The third-order valence-corrected chi connectivity index (χ3v) is 4.58. The van der Waals surface area contributed by atoms with Crippen molar-refractivity contribution in [2.24, 2.45) is 5.92 Å². The number of rotatable bonds is 4. The molecule has 2 aromatic rings. The average molecular weight is 324 g/mol. The second-order valence-electron chi connectivity index (χ2n) is 6.35. The largest absolute Gasteiger partial charge is 0.493 e. The summed E-state index contributed by atoms with van der Waals surface area (Å²) in [4.78, 5) is 19.1. The van der Waals surface area contributed by atoms with Crippen LogP contribution in [0.4, 0.5) is 0 Å². The molecule has 0 saturated heterocycles. The second-order valence-corrected chi connectivity index (χ2v) is 6.35. The van der Waals surface area contributed by atoms with Crippen LogP contribution in [0.1, 0.15) is 30.2 Å². The minimum atomic E-state index is -0.0337. The molecule has 0 fully saturated rings. The highest BCUT2D eigenvalue weighted by Crippen LogP contribution is 2.27. The van der Waals surface area contributed by atoms with Crippen molar-refractivity contribution in [2.75, 3.05) is 13.7 Å². The topological polar surface area (TPSA) is 42.4 Å². The lowest BCUT2D eigenvalue weighted by Gasteiger charge is -2.22. The Morgan fingerprint density at radius 2 is 2.12 bits per heavy atom. The number of hydrogen-bond acceptors (Lipinski definition) is 3. The van der Waals surface area contributed by atoms with E-state index < -0.39 is 0 Å². The van der Waals surface area contributed by atoms with E-state index in [-0.39, 0.29) is 11.8 Å². The van der Waals surface area contributed by atoms with Gasteiger partial charge in [0.1, 0.15) is 5.75 Å². The molecule has 0 bridgehead atoms. The fourth-order valence-corrected chi connectivity index (χ4v) is 3.09. The standard InChI is InChI=1S/C20H24N2O2/c1-3-15-8-9-18(21-13-15)14-22(2)20(23)17-10-11-24-19-7-5-4-6-16(19)12-17/h4-9,13,17H,3,10-12,14H2,1-2H3/t17-/m1/s1. The van der Waals surface area contributed by atoms with E-state index in [9.17, 15) is 4.79 Å². The molecule has 1 amide bonds. The molecular weight excluding hydrogens is 300 g/mol. The molecule has 126 valence electrons. The van der Waals surface area contributed by atoms with Crippen molar-refractivity contribution < 1.29 is 9.53 Å². The molecule has 0 spiro atoms. The normalized spacial score (nSPS) is 16.7. The lowest BCUT2D eigenvalue weighted by molar-refractivity contribution is -0.135. The lowest BCUT2D eigenvalue weighted by Crippen LogP contribution is -2.34. The highest BCUT2D eigenvalue weighted by molar-refractivity contribution is 5.79. The van der Waals surface area contributed by atoms with Gasteiger partial charge in [-0.15, -0.1) is 0 Å². The highest BCUT2D eigenvalue weighted by Gasteiger charge is 2.26. The first-order chi connectivity index (χ1) is 11.7. The highest BCUT2D eigenvalue weighted by atomic mass is 16.5. The third kappa shape index (κ3) is 3.75. The number of amides is 1. The van der Waals surface area contributed by atoms with Gasteiger partial charge >= 0.3 is 0 Å². The van der Waals surface area contributed by atoms with Crippen molar-refractivity contribution in [2.45, 2.75) is 32.7 Å². The number of fused-ring (bicyclic) bond motifs is 1. The Morgan fingerprint density at radius 1 is 1.29 bits per heavy atom. The lowest BCUT2D eigenvalue weighted by atomic mass is 9.95. The van der Waals surface area contributed by atoms with E-state index in [1.807, 2.05) is 43.6 Å². The summed E-state index contributed by atoms with van der Waals surface area (Å²) in [7, 11) is 1.86. The summed E-state index contributed by atoms with van der Waals surface area (Å²) >= 11 is 0. The van der Waals surface area contributed by atoms with Gasteiger partial charge in [-0.3, -0.25) is 9.78 Å². The van der Waals surface area contributed by atoms with Crippen molar-refractivity contribution in [3.63, 3.8) is 0 Å². The van der Waals surface area contributed by atoms with Gasteiger partial charge in [-0.25, -0.2) is 0 Å². The Kier molecular flexibility index (Phi) is 5.14. The number of benzene rings is 1. The number of carbonyl (C=O) groups excluding carboxylic acids is 1. The SMILES string of the molecule is CCc1ccc(CN(C)C(=O)[C@@H]2CCOc3ccccc3C2)nc1. The van der Waals surface area contributed by atoms with Gasteiger partial charge in [0, 0.05) is 19.2 Å². The Balaban J connectivity index is 1.66. The fraction of sp³-hybridized carbons (Fsp3) is 0.400. The zero-order valence-electron chi connectivity index (χ0n) is 14.4. The Hall–Kier alpha value is -2.36. The van der Waals surface area contributed by atoms with Crippen molar-refractivity contribution in [1.82, 2.24) is 9.88 Å². The summed E-state index contributed by atoms with van der Waals surface area (Å²) in [5.41, 5.74) is 3.26. The number of para-hydroxylation sites is 1. The molecule has 1 aliphatic rings. The maximum absolute atomic E-state index is 12.8. The predicted octanol–water partition coefficient (Wildman–Crippen LogP) is 3.24. The fourth-order valence-electron chi connectivity index (χ4n) is 3.09. The van der Waals surface area contributed by atoms with Crippen LogP contribution in [0.5, 0.6) is 5.75 Å². The number of pyridine rings is 1. The monoisotopic (exact) mass is 324 g/mol. The van der Waals surface area contributed by atoms with Crippen LogP contribution in [0.15, 0.2) is 42.6 Å². The van der Waals surface area contributed by atoms with Crippen molar-refractivity contribution >= 4 is 5.91 Å². The number of aryl methyl sites for hydroxylation is 1. The molecule has 0 saturated carbocycles. The number of nitrogens with zero attached hydrogens (tertiary/aromatic N) is 2. The molecule has 0 N–H and O–H groups in total. The maximum Gasteiger partial charge on any atom is 0.226 e. The van der Waals surface area contributed by atoms with Crippen LogP contribution < -0.4 is 4.74 Å². The molecule has 1 atom stereocenters. The van der Waals surface area contributed by atoms with Crippen LogP contribution in [-0.2, 0) is 24.2 Å². The summed E-state index contributed by atoms with van der Waals surface area (Å²) in [6.45, 7) is 3.24. The van der Waals surface area contributed by atoms with E-state index in [0.29, 0.717) is 13.2 Å². The smallest absolute Gasteiger partial charge is 0.226 e. The molecule has 24 heavy (non-hydrogen) atoms. The van der Waals surface area contributed by atoms with E-state index in [4.69, 9.17) is 4.74 Å². The van der Waals surface area contributed by atoms with Crippen molar-refractivity contribution in [1.29, 1.82) is 0 Å². The van der Waals surface area contributed by atoms with Gasteiger partial charge in [-0.05, 0) is 42.5 Å².